The van der Waals surface area contributed by atoms with Crippen LogP contribution in [0.25, 0.3) is 0 Å². The Balaban J connectivity index is 1.24. The van der Waals surface area contributed by atoms with Gasteiger partial charge in [-0.25, -0.2) is 0 Å². The van der Waals surface area contributed by atoms with Crippen LogP contribution >= 0.6 is 11.6 Å². The summed E-state index contributed by atoms with van der Waals surface area (Å²) < 4.78 is 0. The van der Waals surface area contributed by atoms with Crippen molar-refractivity contribution in [3.8, 4) is 0 Å². The quantitative estimate of drug-likeness (QED) is 0.812. The maximum Gasteiger partial charge on any atom is 0.234 e. The molecule has 1 aromatic rings. The molecule has 1 aliphatic carbocycles. The van der Waals surface area contributed by atoms with Crippen molar-refractivity contribution in [3.05, 3.63) is 52.7 Å². The highest BCUT2D eigenvalue weighted by Crippen LogP contribution is 2.25. The highest BCUT2D eigenvalue weighted by molar-refractivity contribution is 6.30. The molecule has 0 saturated carbocycles. The van der Waals surface area contributed by atoms with Crippen molar-refractivity contribution in [2.45, 2.75) is 25.3 Å². The van der Waals surface area contributed by atoms with Gasteiger partial charge in [0.25, 0.3) is 0 Å². The summed E-state index contributed by atoms with van der Waals surface area (Å²) in [6.07, 6.45) is 6.08. The maximum absolute atomic E-state index is 12.5. The summed E-state index contributed by atoms with van der Waals surface area (Å²) in [6.45, 7) is 3.93. The van der Waals surface area contributed by atoms with Gasteiger partial charge < -0.3 is 15.5 Å². The molecule has 4 rings (SSSR count). The van der Waals surface area contributed by atoms with Crippen molar-refractivity contribution in [1.29, 1.82) is 0 Å². The second-order valence-electron chi connectivity index (χ2n) is 7.51. The molecule has 0 bridgehead atoms. The van der Waals surface area contributed by atoms with Gasteiger partial charge >= 0.3 is 0 Å². The fourth-order valence-electron chi connectivity index (χ4n) is 3.96. The standard InChI is InChI=1S/C21H25ClN4O2/c22-16-2-5-18(6-3-16)26-11-9-25(10-12-26)14-21(28)23-17-4-7-19-15(13-17)1-8-20(27)24-19/h2-3,5-7,13,17H,1,4,8-12,14H2,(H,23,28)(H,24,27). The second kappa shape index (κ2) is 8.37. The van der Waals surface area contributed by atoms with Gasteiger partial charge in [-0.2, -0.15) is 0 Å². The largest absolute Gasteiger partial charge is 0.369 e. The lowest BCUT2D eigenvalue weighted by atomic mass is 9.93. The molecule has 1 unspecified atom stereocenters. The van der Waals surface area contributed by atoms with Crippen molar-refractivity contribution in [2.24, 2.45) is 0 Å². The summed E-state index contributed by atoms with van der Waals surface area (Å²) in [5.74, 6) is 0.127. The molecule has 28 heavy (non-hydrogen) atoms. The van der Waals surface area contributed by atoms with Gasteiger partial charge in [0.05, 0.1) is 12.6 Å². The molecule has 148 valence electrons. The number of piperidine rings is 1. The number of piperazine rings is 1. The third-order valence-electron chi connectivity index (χ3n) is 5.50. The average molecular weight is 401 g/mol. The molecule has 2 fully saturated rings. The van der Waals surface area contributed by atoms with Gasteiger partial charge in [-0.1, -0.05) is 23.8 Å². The van der Waals surface area contributed by atoms with E-state index in [0.717, 1.165) is 55.3 Å². The van der Waals surface area contributed by atoms with Crippen LogP contribution in [-0.2, 0) is 9.59 Å². The fraction of sp³-hybridized carbons (Fsp3) is 0.429. The Hall–Kier alpha value is -2.31. The zero-order chi connectivity index (χ0) is 19.5. The molecule has 1 aromatic carbocycles. The molecule has 3 aliphatic rings. The molecule has 2 aliphatic heterocycles. The number of hydrogen-bond donors (Lipinski definition) is 2. The second-order valence-corrected chi connectivity index (χ2v) is 7.94. The van der Waals surface area contributed by atoms with Crippen molar-refractivity contribution in [2.75, 3.05) is 37.6 Å². The normalized spacial score (nSPS) is 22.7. The number of benzene rings is 1. The lowest BCUT2D eigenvalue weighted by Crippen LogP contribution is -2.50. The first-order chi connectivity index (χ1) is 13.6. The summed E-state index contributed by atoms with van der Waals surface area (Å²) in [6, 6.07) is 7.91. The number of amides is 2. The third kappa shape index (κ3) is 4.56. The Kier molecular flexibility index (Phi) is 5.69. The zero-order valence-electron chi connectivity index (χ0n) is 15.8. The highest BCUT2D eigenvalue weighted by atomic mass is 35.5. The Labute approximate surface area is 170 Å². The van der Waals surface area contributed by atoms with Crippen LogP contribution < -0.4 is 15.5 Å². The van der Waals surface area contributed by atoms with E-state index in [0.29, 0.717) is 13.0 Å². The predicted octanol–water partition coefficient (Wildman–Crippen LogP) is 2.07. The number of halogens is 1. The first-order valence-corrected chi connectivity index (χ1v) is 10.2. The first-order valence-electron chi connectivity index (χ1n) is 9.80. The molecule has 2 saturated heterocycles. The number of allylic oxidation sites excluding steroid dienone is 1. The number of rotatable bonds is 4. The van der Waals surface area contributed by atoms with Crippen LogP contribution in [0.15, 0.2) is 47.7 Å². The Morgan fingerprint density at radius 1 is 1.14 bits per heavy atom. The Bertz CT molecular complexity index is 810. The molecule has 1 atom stereocenters. The minimum absolute atomic E-state index is 0.0107. The van der Waals surface area contributed by atoms with E-state index in [1.165, 1.54) is 5.69 Å². The fourth-order valence-corrected chi connectivity index (χ4v) is 4.08. The highest BCUT2D eigenvalue weighted by Gasteiger charge is 2.24. The monoisotopic (exact) mass is 400 g/mol. The minimum Gasteiger partial charge on any atom is -0.369 e. The Morgan fingerprint density at radius 3 is 2.64 bits per heavy atom. The number of carbonyl (C=O) groups excluding carboxylic acids is 2. The van der Waals surface area contributed by atoms with E-state index < -0.39 is 0 Å². The van der Waals surface area contributed by atoms with Crippen LogP contribution in [0.4, 0.5) is 5.69 Å². The van der Waals surface area contributed by atoms with Crippen LogP contribution in [0.3, 0.4) is 0 Å². The molecule has 6 nitrogen and oxygen atoms in total. The van der Waals surface area contributed by atoms with E-state index in [2.05, 4.69) is 26.5 Å². The number of anilines is 1. The van der Waals surface area contributed by atoms with Crippen LogP contribution in [0, 0.1) is 0 Å². The lowest BCUT2D eigenvalue weighted by Gasteiger charge is -2.36. The van der Waals surface area contributed by atoms with Crippen LogP contribution in [0.5, 0.6) is 0 Å². The van der Waals surface area contributed by atoms with E-state index in [9.17, 15) is 9.59 Å². The number of hydrogen-bond acceptors (Lipinski definition) is 4. The third-order valence-corrected chi connectivity index (χ3v) is 5.75. The van der Waals surface area contributed by atoms with E-state index in [-0.39, 0.29) is 17.9 Å². The zero-order valence-corrected chi connectivity index (χ0v) is 16.5. The van der Waals surface area contributed by atoms with Gasteiger partial charge in [0.1, 0.15) is 0 Å². The van der Waals surface area contributed by atoms with E-state index in [1.54, 1.807) is 0 Å². The summed E-state index contributed by atoms with van der Waals surface area (Å²) in [4.78, 5) is 28.5. The number of fused-ring (bicyclic) bond motifs is 1. The topological polar surface area (TPSA) is 64.7 Å². The molecule has 0 radical (unpaired) electrons. The van der Waals surface area contributed by atoms with Crippen molar-refractivity contribution >= 4 is 29.1 Å². The molecular weight excluding hydrogens is 376 g/mol. The number of carbonyl (C=O) groups is 2. The molecule has 2 N–H and O–H groups in total. The summed E-state index contributed by atoms with van der Waals surface area (Å²) in [5.41, 5.74) is 3.22. The van der Waals surface area contributed by atoms with Crippen LogP contribution in [0.2, 0.25) is 5.02 Å². The van der Waals surface area contributed by atoms with E-state index in [4.69, 9.17) is 11.6 Å². The predicted molar refractivity (Wildman–Crippen MR) is 110 cm³/mol. The molecule has 2 heterocycles. The smallest absolute Gasteiger partial charge is 0.234 e. The van der Waals surface area contributed by atoms with E-state index in [1.807, 2.05) is 30.3 Å². The summed E-state index contributed by atoms with van der Waals surface area (Å²) >= 11 is 5.96. The number of nitrogens with zero attached hydrogens (tertiary/aromatic N) is 2. The SMILES string of the molecule is O=C1CCC2=CC(NC(=O)CN3CCN(c4ccc(Cl)cc4)CC3)CC=C2N1. The Morgan fingerprint density at radius 2 is 1.89 bits per heavy atom. The average Bonchev–Trinajstić information content (AvgIpc) is 2.69. The van der Waals surface area contributed by atoms with E-state index >= 15 is 0 Å². The van der Waals surface area contributed by atoms with Crippen molar-refractivity contribution in [1.82, 2.24) is 15.5 Å². The summed E-state index contributed by atoms with van der Waals surface area (Å²) in [7, 11) is 0. The molecular formula is C21H25ClN4O2. The van der Waals surface area contributed by atoms with Gasteiger partial charge in [0.15, 0.2) is 0 Å². The van der Waals surface area contributed by atoms with Gasteiger partial charge in [-0.05, 0) is 42.7 Å². The maximum atomic E-state index is 12.5. The van der Waals surface area contributed by atoms with Gasteiger partial charge in [-0.3, -0.25) is 14.5 Å². The van der Waals surface area contributed by atoms with Gasteiger partial charge in [0, 0.05) is 49.0 Å². The van der Waals surface area contributed by atoms with Gasteiger partial charge in [0.2, 0.25) is 11.8 Å². The lowest BCUT2D eigenvalue weighted by molar-refractivity contribution is -0.123. The number of nitrogens with one attached hydrogen (secondary N) is 2. The van der Waals surface area contributed by atoms with Crippen LogP contribution in [-0.4, -0.2) is 55.5 Å². The molecule has 0 aromatic heterocycles. The first kappa shape index (κ1) is 19.0. The molecule has 0 spiro atoms. The van der Waals surface area contributed by atoms with Crippen molar-refractivity contribution < 1.29 is 9.59 Å². The van der Waals surface area contributed by atoms with Crippen LogP contribution in [0.1, 0.15) is 19.3 Å². The van der Waals surface area contributed by atoms with Gasteiger partial charge in [-0.15, -0.1) is 0 Å². The summed E-state index contributed by atoms with van der Waals surface area (Å²) in [5, 5.41) is 6.76. The molecule has 7 heteroatoms. The van der Waals surface area contributed by atoms with Crippen molar-refractivity contribution in [3.63, 3.8) is 0 Å². The molecule has 2 amide bonds. The minimum atomic E-state index is 0.0107.